The van der Waals surface area contributed by atoms with Crippen molar-refractivity contribution in [3.8, 4) is 0 Å². The van der Waals surface area contributed by atoms with Gasteiger partial charge in [-0.25, -0.2) is 0 Å². The minimum absolute atomic E-state index is 0.168. The lowest BCUT2D eigenvalue weighted by molar-refractivity contribution is -0.155. The summed E-state index contributed by atoms with van der Waals surface area (Å²) in [5.74, 6) is -1.47. The van der Waals surface area contributed by atoms with Crippen molar-refractivity contribution in [1.29, 1.82) is 0 Å². The van der Waals surface area contributed by atoms with E-state index in [-0.39, 0.29) is 12.5 Å². The molecule has 1 amide bonds. The van der Waals surface area contributed by atoms with Crippen LogP contribution in [0.5, 0.6) is 0 Å². The van der Waals surface area contributed by atoms with E-state index in [1.807, 2.05) is 12.1 Å². The maximum Gasteiger partial charge on any atom is 0.318 e. The van der Waals surface area contributed by atoms with Crippen LogP contribution in [0.3, 0.4) is 0 Å². The normalized spacial score (nSPS) is 17.5. The third-order valence-corrected chi connectivity index (χ3v) is 3.49. The summed E-state index contributed by atoms with van der Waals surface area (Å²) in [5.41, 5.74) is -0.589. The molecule has 1 unspecified atom stereocenters. The van der Waals surface area contributed by atoms with E-state index in [9.17, 15) is 14.7 Å². The average molecular weight is 262 g/mol. The highest BCUT2D eigenvalue weighted by atomic mass is 16.4. The Kier molecular flexibility index (Phi) is 3.83. The smallest absolute Gasteiger partial charge is 0.318 e. The second-order valence-corrected chi connectivity index (χ2v) is 5.21. The Bertz CT molecular complexity index is 471. The van der Waals surface area contributed by atoms with Crippen LogP contribution in [0, 0.1) is 5.41 Å². The van der Waals surface area contributed by atoms with Crippen LogP contribution in [0.2, 0.25) is 0 Å². The van der Waals surface area contributed by atoms with Crippen molar-refractivity contribution in [2.75, 3.05) is 0 Å². The van der Waals surface area contributed by atoms with Crippen LogP contribution in [0.25, 0.3) is 0 Å². The van der Waals surface area contributed by atoms with E-state index in [4.69, 9.17) is 0 Å². The molecule has 1 aliphatic rings. The van der Waals surface area contributed by atoms with Crippen molar-refractivity contribution in [3.63, 3.8) is 0 Å². The number of carbonyl (C=O) groups is 2. The fourth-order valence-electron chi connectivity index (χ4n) is 1.81. The van der Waals surface area contributed by atoms with Crippen LogP contribution in [0.4, 0.5) is 0 Å². The minimum atomic E-state index is -1.39. The molecule has 0 aromatic carbocycles. The molecule has 1 aromatic rings. The molecule has 5 nitrogen and oxygen atoms in total. The molecule has 1 aliphatic carbocycles. The first-order valence-corrected chi connectivity index (χ1v) is 6.46. The van der Waals surface area contributed by atoms with E-state index in [1.54, 1.807) is 12.3 Å². The van der Waals surface area contributed by atoms with Gasteiger partial charge < -0.3 is 10.4 Å². The summed E-state index contributed by atoms with van der Waals surface area (Å²) in [7, 11) is 0. The van der Waals surface area contributed by atoms with E-state index in [2.05, 4.69) is 10.3 Å². The van der Waals surface area contributed by atoms with Gasteiger partial charge in [-0.05, 0) is 44.7 Å². The summed E-state index contributed by atoms with van der Waals surface area (Å²) in [4.78, 5) is 27.6. The standard InChI is InChI=1S/C14H18N2O3/c1-14(13(18)19,12(17)16-11-5-6-11)8-7-10-4-2-3-9-15-10/h2-4,9,11H,5-8H2,1H3,(H,16,17)(H,18,19). The summed E-state index contributed by atoms with van der Waals surface area (Å²) in [6.45, 7) is 1.48. The predicted molar refractivity (Wildman–Crippen MR) is 69.5 cm³/mol. The van der Waals surface area contributed by atoms with Gasteiger partial charge in [-0.2, -0.15) is 0 Å². The Hall–Kier alpha value is -1.91. The molecule has 1 fully saturated rings. The van der Waals surface area contributed by atoms with Gasteiger partial charge in [0.1, 0.15) is 5.41 Å². The number of rotatable bonds is 6. The van der Waals surface area contributed by atoms with Crippen molar-refractivity contribution in [3.05, 3.63) is 30.1 Å². The van der Waals surface area contributed by atoms with Crippen LogP contribution in [-0.2, 0) is 16.0 Å². The Morgan fingerprint density at radius 1 is 1.47 bits per heavy atom. The highest BCUT2D eigenvalue weighted by Crippen LogP contribution is 2.27. The maximum absolute atomic E-state index is 12.1. The number of nitrogens with zero attached hydrogens (tertiary/aromatic N) is 1. The monoisotopic (exact) mass is 262 g/mol. The van der Waals surface area contributed by atoms with E-state index >= 15 is 0 Å². The number of carbonyl (C=O) groups excluding carboxylic acids is 1. The lowest BCUT2D eigenvalue weighted by atomic mass is 9.83. The number of hydrogen-bond donors (Lipinski definition) is 2. The topological polar surface area (TPSA) is 79.3 Å². The summed E-state index contributed by atoms with van der Waals surface area (Å²) < 4.78 is 0. The van der Waals surface area contributed by atoms with Gasteiger partial charge in [-0.1, -0.05) is 6.07 Å². The molecule has 0 saturated heterocycles. The van der Waals surface area contributed by atoms with Crippen LogP contribution in [-0.4, -0.2) is 28.0 Å². The van der Waals surface area contributed by atoms with Gasteiger partial charge in [0.15, 0.2) is 0 Å². The second-order valence-electron chi connectivity index (χ2n) is 5.21. The molecule has 1 atom stereocenters. The summed E-state index contributed by atoms with van der Waals surface area (Å²) in [6.07, 6.45) is 4.28. The fraction of sp³-hybridized carbons (Fsp3) is 0.500. The van der Waals surface area contributed by atoms with E-state index in [0.717, 1.165) is 18.5 Å². The number of aryl methyl sites for hydroxylation is 1. The number of carboxylic acid groups (broad SMARTS) is 1. The van der Waals surface area contributed by atoms with Gasteiger partial charge in [0, 0.05) is 17.9 Å². The molecule has 5 heteroatoms. The van der Waals surface area contributed by atoms with Gasteiger partial charge in [0.05, 0.1) is 0 Å². The lowest BCUT2D eigenvalue weighted by Gasteiger charge is -2.23. The van der Waals surface area contributed by atoms with Crippen LogP contribution in [0.15, 0.2) is 24.4 Å². The zero-order chi connectivity index (χ0) is 13.9. The Morgan fingerprint density at radius 3 is 2.74 bits per heavy atom. The molecule has 0 radical (unpaired) electrons. The first kappa shape index (κ1) is 13.5. The highest BCUT2D eigenvalue weighted by Gasteiger charge is 2.42. The van der Waals surface area contributed by atoms with Gasteiger partial charge >= 0.3 is 5.97 Å². The predicted octanol–water partition coefficient (Wildman–Crippen LogP) is 1.38. The van der Waals surface area contributed by atoms with Gasteiger partial charge in [0.2, 0.25) is 5.91 Å². The molecule has 0 aliphatic heterocycles. The molecule has 102 valence electrons. The first-order valence-electron chi connectivity index (χ1n) is 6.46. The fourth-order valence-corrected chi connectivity index (χ4v) is 1.81. The highest BCUT2D eigenvalue weighted by molar-refractivity contribution is 6.01. The lowest BCUT2D eigenvalue weighted by Crippen LogP contribution is -2.45. The first-order chi connectivity index (χ1) is 9.02. The second kappa shape index (κ2) is 5.38. The van der Waals surface area contributed by atoms with E-state index in [0.29, 0.717) is 6.42 Å². The number of carboxylic acids is 1. The average Bonchev–Trinajstić information content (AvgIpc) is 3.20. The summed E-state index contributed by atoms with van der Waals surface area (Å²) in [6, 6.07) is 5.66. The van der Waals surface area contributed by atoms with Gasteiger partial charge in [0.25, 0.3) is 0 Å². The van der Waals surface area contributed by atoms with Crippen LogP contribution >= 0.6 is 0 Å². The zero-order valence-corrected chi connectivity index (χ0v) is 10.9. The third-order valence-electron chi connectivity index (χ3n) is 3.49. The zero-order valence-electron chi connectivity index (χ0n) is 10.9. The quantitative estimate of drug-likeness (QED) is 0.759. The molecule has 0 spiro atoms. The maximum atomic E-state index is 12.1. The number of hydrogen-bond acceptors (Lipinski definition) is 3. The van der Waals surface area contributed by atoms with Crippen molar-refractivity contribution in [1.82, 2.24) is 10.3 Å². The summed E-state index contributed by atoms with van der Waals surface area (Å²) >= 11 is 0. The molecule has 19 heavy (non-hydrogen) atoms. The SMILES string of the molecule is CC(CCc1ccccn1)(C(=O)O)C(=O)NC1CC1. The molecule has 1 saturated carbocycles. The van der Waals surface area contributed by atoms with E-state index < -0.39 is 17.3 Å². The molecular formula is C14H18N2O3. The van der Waals surface area contributed by atoms with Crippen LogP contribution < -0.4 is 5.32 Å². The summed E-state index contributed by atoms with van der Waals surface area (Å²) in [5, 5.41) is 12.1. The largest absolute Gasteiger partial charge is 0.480 e. The van der Waals surface area contributed by atoms with Crippen molar-refractivity contribution in [2.45, 2.75) is 38.6 Å². The number of nitrogens with one attached hydrogen (secondary N) is 1. The Labute approximate surface area is 112 Å². The minimum Gasteiger partial charge on any atom is -0.480 e. The molecule has 1 heterocycles. The van der Waals surface area contributed by atoms with Crippen molar-refractivity contribution in [2.24, 2.45) is 5.41 Å². The molecule has 2 N–H and O–H groups in total. The molecular weight excluding hydrogens is 244 g/mol. The number of aliphatic carboxylic acids is 1. The van der Waals surface area contributed by atoms with Crippen molar-refractivity contribution >= 4 is 11.9 Å². The number of pyridine rings is 1. The van der Waals surface area contributed by atoms with Gasteiger partial charge in [-0.15, -0.1) is 0 Å². The van der Waals surface area contributed by atoms with Crippen molar-refractivity contribution < 1.29 is 14.7 Å². The van der Waals surface area contributed by atoms with Crippen LogP contribution in [0.1, 0.15) is 31.9 Å². The number of amides is 1. The van der Waals surface area contributed by atoms with Gasteiger partial charge in [-0.3, -0.25) is 14.6 Å². The van der Waals surface area contributed by atoms with E-state index in [1.165, 1.54) is 6.92 Å². The third kappa shape index (κ3) is 3.30. The Morgan fingerprint density at radius 2 is 2.21 bits per heavy atom. The molecule has 0 bridgehead atoms. The Balaban J connectivity index is 2.01. The molecule has 1 aromatic heterocycles. The molecule has 2 rings (SSSR count). The number of aromatic nitrogens is 1.